The van der Waals surface area contributed by atoms with Crippen molar-refractivity contribution in [2.75, 3.05) is 0 Å². The maximum Gasteiger partial charge on any atom is 0.0528 e. The first-order valence-corrected chi connectivity index (χ1v) is 6.08. The molecule has 0 spiro atoms. The van der Waals surface area contributed by atoms with Gasteiger partial charge >= 0.3 is 0 Å². The molecule has 0 fully saturated rings. The van der Waals surface area contributed by atoms with Crippen molar-refractivity contribution >= 4 is 12.6 Å². The highest BCUT2D eigenvalue weighted by atomic mass is 32.1. The van der Waals surface area contributed by atoms with Gasteiger partial charge in [-0.05, 0) is 36.1 Å². The second-order valence-electron chi connectivity index (χ2n) is 4.58. The zero-order chi connectivity index (χ0) is 11.3. The number of rotatable bonds is 0. The van der Waals surface area contributed by atoms with E-state index in [1.165, 1.54) is 33.4 Å². The van der Waals surface area contributed by atoms with Gasteiger partial charge in [-0.2, -0.15) is 12.6 Å². The summed E-state index contributed by atoms with van der Waals surface area (Å²) >= 11 is 4.75. The molecule has 0 heterocycles. The maximum atomic E-state index is 4.75. The standard InChI is InChI=1S/C15H14S/c1-9-3-5-11-12-6-4-10(2)8-14(12)15(16)13(11)7-9/h3-8,15-16H,1-2H3. The van der Waals surface area contributed by atoms with Crippen molar-refractivity contribution in [3.8, 4) is 11.1 Å². The Morgan fingerprint density at radius 1 is 0.812 bits per heavy atom. The van der Waals surface area contributed by atoms with Crippen molar-refractivity contribution in [1.82, 2.24) is 0 Å². The van der Waals surface area contributed by atoms with E-state index in [-0.39, 0.29) is 5.25 Å². The molecule has 2 aromatic rings. The van der Waals surface area contributed by atoms with E-state index in [1.807, 2.05) is 0 Å². The second kappa shape index (κ2) is 3.39. The number of thiol groups is 1. The van der Waals surface area contributed by atoms with Gasteiger partial charge in [-0.15, -0.1) is 0 Å². The maximum absolute atomic E-state index is 4.75. The first kappa shape index (κ1) is 9.98. The predicted octanol–water partition coefficient (Wildman–Crippen LogP) is 4.30. The SMILES string of the molecule is Cc1ccc2c(c1)C(S)c1cc(C)ccc1-2. The Kier molecular flexibility index (Phi) is 2.11. The Labute approximate surface area is 102 Å². The molecule has 0 saturated carbocycles. The molecule has 80 valence electrons. The van der Waals surface area contributed by atoms with E-state index in [1.54, 1.807) is 0 Å². The summed E-state index contributed by atoms with van der Waals surface area (Å²) in [7, 11) is 0. The van der Waals surface area contributed by atoms with Crippen LogP contribution in [-0.2, 0) is 0 Å². The van der Waals surface area contributed by atoms with Crippen molar-refractivity contribution in [2.24, 2.45) is 0 Å². The van der Waals surface area contributed by atoms with Crippen LogP contribution in [0.3, 0.4) is 0 Å². The van der Waals surface area contributed by atoms with E-state index in [9.17, 15) is 0 Å². The highest BCUT2D eigenvalue weighted by Crippen LogP contribution is 2.47. The number of fused-ring (bicyclic) bond motifs is 3. The van der Waals surface area contributed by atoms with Gasteiger partial charge in [0.1, 0.15) is 0 Å². The van der Waals surface area contributed by atoms with E-state index in [4.69, 9.17) is 12.6 Å². The highest BCUT2D eigenvalue weighted by Gasteiger charge is 2.25. The van der Waals surface area contributed by atoms with Crippen molar-refractivity contribution in [3.63, 3.8) is 0 Å². The van der Waals surface area contributed by atoms with Crippen LogP contribution in [0.5, 0.6) is 0 Å². The van der Waals surface area contributed by atoms with Gasteiger partial charge in [-0.1, -0.05) is 47.5 Å². The lowest BCUT2D eigenvalue weighted by molar-refractivity contribution is 1.21. The molecule has 1 aliphatic carbocycles. The van der Waals surface area contributed by atoms with Gasteiger partial charge in [0.25, 0.3) is 0 Å². The minimum Gasteiger partial charge on any atom is -0.166 e. The molecule has 0 aromatic heterocycles. The molecule has 1 aliphatic rings. The monoisotopic (exact) mass is 226 g/mol. The Bertz CT molecular complexity index is 518. The van der Waals surface area contributed by atoms with Crippen molar-refractivity contribution < 1.29 is 0 Å². The van der Waals surface area contributed by atoms with E-state index in [2.05, 4.69) is 50.2 Å². The van der Waals surface area contributed by atoms with Gasteiger partial charge in [-0.25, -0.2) is 0 Å². The lowest BCUT2D eigenvalue weighted by atomic mass is 10.0. The fourth-order valence-corrected chi connectivity index (χ4v) is 2.90. The van der Waals surface area contributed by atoms with Crippen LogP contribution in [0.15, 0.2) is 36.4 Å². The predicted molar refractivity (Wildman–Crippen MR) is 72.2 cm³/mol. The third-order valence-corrected chi connectivity index (χ3v) is 3.85. The molecular formula is C15H14S. The third kappa shape index (κ3) is 1.31. The lowest BCUT2D eigenvalue weighted by Gasteiger charge is -2.06. The topological polar surface area (TPSA) is 0 Å². The van der Waals surface area contributed by atoms with Crippen LogP contribution in [0, 0.1) is 13.8 Å². The molecule has 1 heteroatoms. The van der Waals surface area contributed by atoms with E-state index < -0.39 is 0 Å². The van der Waals surface area contributed by atoms with Crippen molar-refractivity contribution in [3.05, 3.63) is 58.7 Å². The normalized spacial score (nSPS) is 13.7. The molecule has 0 saturated heterocycles. The van der Waals surface area contributed by atoms with Gasteiger partial charge in [-0.3, -0.25) is 0 Å². The van der Waals surface area contributed by atoms with Gasteiger partial charge in [0, 0.05) is 0 Å². The number of benzene rings is 2. The molecular weight excluding hydrogens is 212 g/mol. The summed E-state index contributed by atoms with van der Waals surface area (Å²) in [6, 6.07) is 13.3. The molecule has 0 radical (unpaired) electrons. The van der Waals surface area contributed by atoms with Crippen LogP contribution in [0.4, 0.5) is 0 Å². The van der Waals surface area contributed by atoms with Crippen molar-refractivity contribution in [1.29, 1.82) is 0 Å². The van der Waals surface area contributed by atoms with Crippen LogP contribution < -0.4 is 0 Å². The number of aryl methyl sites for hydroxylation is 2. The molecule has 0 atom stereocenters. The fourth-order valence-electron chi connectivity index (χ4n) is 2.47. The zero-order valence-electron chi connectivity index (χ0n) is 9.49. The average molecular weight is 226 g/mol. The minimum absolute atomic E-state index is 0.241. The quantitative estimate of drug-likeness (QED) is 0.636. The Balaban J connectivity index is 2.30. The summed E-state index contributed by atoms with van der Waals surface area (Å²) in [5.74, 6) is 0. The molecule has 16 heavy (non-hydrogen) atoms. The minimum atomic E-state index is 0.241. The summed E-state index contributed by atoms with van der Waals surface area (Å²) < 4.78 is 0. The molecule has 0 amide bonds. The summed E-state index contributed by atoms with van der Waals surface area (Å²) in [5.41, 5.74) is 8.01. The number of hydrogen-bond donors (Lipinski definition) is 1. The van der Waals surface area contributed by atoms with Crippen LogP contribution >= 0.6 is 12.6 Å². The van der Waals surface area contributed by atoms with E-state index >= 15 is 0 Å². The Morgan fingerprint density at radius 2 is 1.25 bits per heavy atom. The van der Waals surface area contributed by atoms with Gasteiger partial charge < -0.3 is 0 Å². The molecule has 0 aliphatic heterocycles. The third-order valence-electron chi connectivity index (χ3n) is 3.29. The summed E-state index contributed by atoms with van der Waals surface area (Å²) in [4.78, 5) is 0. The summed E-state index contributed by atoms with van der Waals surface area (Å²) in [5, 5.41) is 0.241. The first-order valence-electron chi connectivity index (χ1n) is 5.56. The molecule has 0 unspecified atom stereocenters. The summed E-state index contributed by atoms with van der Waals surface area (Å²) in [6.07, 6.45) is 0. The molecule has 0 N–H and O–H groups in total. The number of hydrogen-bond acceptors (Lipinski definition) is 1. The van der Waals surface area contributed by atoms with Crippen molar-refractivity contribution in [2.45, 2.75) is 19.1 Å². The summed E-state index contributed by atoms with van der Waals surface area (Å²) in [6.45, 7) is 4.27. The fraction of sp³-hybridized carbons (Fsp3) is 0.200. The van der Waals surface area contributed by atoms with Gasteiger partial charge in [0.15, 0.2) is 0 Å². The zero-order valence-corrected chi connectivity index (χ0v) is 10.4. The van der Waals surface area contributed by atoms with Crippen LogP contribution in [0.2, 0.25) is 0 Å². The van der Waals surface area contributed by atoms with Crippen LogP contribution in [0.25, 0.3) is 11.1 Å². The smallest absolute Gasteiger partial charge is 0.0528 e. The van der Waals surface area contributed by atoms with Crippen LogP contribution in [-0.4, -0.2) is 0 Å². The molecule has 0 nitrogen and oxygen atoms in total. The largest absolute Gasteiger partial charge is 0.166 e. The Hall–Kier alpha value is -1.21. The lowest BCUT2D eigenvalue weighted by Crippen LogP contribution is -1.87. The first-order chi connectivity index (χ1) is 7.66. The molecule has 0 bridgehead atoms. The highest BCUT2D eigenvalue weighted by molar-refractivity contribution is 7.80. The molecule has 2 aromatic carbocycles. The van der Waals surface area contributed by atoms with Gasteiger partial charge in [0.2, 0.25) is 0 Å². The van der Waals surface area contributed by atoms with E-state index in [0.717, 1.165) is 0 Å². The average Bonchev–Trinajstić information content (AvgIpc) is 2.53. The Morgan fingerprint density at radius 3 is 1.69 bits per heavy atom. The van der Waals surface area contributed by atoms with E-state index in [0.29, 0.717) is 0 Å². The van der Waals surface area contributed by atoms with Crippen LogP contribution in [0.1, 0.15) is 27.5 Å². The second-order valence-corrected chi connectivity index (χ2v) is 5.10. The molecule has 3 rings (SSSR count). The van der Waals surface area contributed by atoms with Gasteiger partial charge in [0.05, 0.1) is 5.25 Å².